The zero-order valence-electron chi connectivity index (χ0n) is 10.00. The van der Waals surface area contributed by atoms with Crippen LogP contribution in [0.5, 0.6) is 0 Å². The number of hydrogen-bond acceptors (Lipinski definition) is 1. The van der Waals surface area contributed by atoms with Gasteiger partial charge in [-0.25, -0.2) is 4.39 Å². The van der Waals surface area contributed by atoms with Crippen LogP contribution in [0.2, 0.25) is 0 Å². The predicted molar refractivity (Wildman–Crippen MR) is 76.5 cm³/mol. The van der Waals surface area contributed by atoms with Gasteiger partial charge < -0.3 is 4.90 Å². The van der Waals surface area contributed by atoms with Crippen LogP contribution in [0.4, 0.5) is 4.39 Å². The van der Waals surface area contributed by atoms with E-state index in [2.05, 4.69) is 38.8 Å². The number of nitrogens with zero attached hydrogens (tertiary/aromatic N) is 1. The zero-order chi connectivity index (χ0) is 13.3. The number of hydrogen-bond donors (Lipinski definition) is 0. The molecule has 0 saturated carbocycles. The van der Waals surface area contributed by atoms with Crippen LogP contribution in [0.3, 0.4) is 0 Å². The fourth-order valence-electron chi connectivity index (χ4n) is 2.04. The Kier molecular flexibility index (Phi) is 4.43. The van der Waals surface area contributed by atoms with E-state index in [9.17, 15) is 9.18 Å². The zero-order valence-corrected chi connectivity index (χ0v) is 13.2. The summed E-state index contributed by atoms with van der Waals surface area (Å²) in [6.07, 6.45) is 0.987. The van der Waals surface area contributed by atoms with Crippen molar-refractivity contribution in [2.45, 2.75) is 18.2 Å². The van der Waals surface area contributed by atoms with Crippen molar-refractivity contribution in [3.05, 3.63) is 34.1 Å². The van der Waals surface area contributed by atoms with Crippen LogP contribution in [0.15, 0.2) is 22.7 Å². The summed E-state index contributed by atoms with van der Waals surface area (Å²) in [6, 6.07) is 4.17. The van der Waals surface area contributed by atoms with Gasteiger partial charge in [-0.05, 0) is 46.5 Å². The van der Waals surface area contributed by atoms with Gasteiger partial charge in [0, 0.05) is 22.4 Å². The molecule has 1 amide bonds. The van der Waals surface area contributed by atoms with Gasteiger partial charge in [0.2, 0.25) is 0 Å². The fraction of sp³-hybridized carbons (Fsp3) is 0.462. The Bertz CT molecular complexity index is 466. The molecule has 2 nitrogen and oxygen atoms in total. The van der Waals surface area contributed by atoms with Crippen LogP contribution in [-0.2, 0) is 0 Å². The summed E-state index contributed by atoms with van der Waals surface area (Å²) in [4.78, 5) is 14.5. The van der Waals surface area contributed by atoms with Crippen LogP contribution in [0, 0.1) is 11.7 Å². The first kappa shape index (κ1) is 14.0. The van der Waals surface area contributed by atoms with Crippen LogP contribution >= 0.6 is 31.9 Å². The number of rotatable bonds is 1. The number of alkyl halides is 1. The number of piperidine rings is 1. The summed E-state index contributed by atoms with van der Waals surface area (Å²) in [5.74, 6) is 0.188. The van der Waals surface area contributed by atoms with Crippen LogP contribution in [0.1, 0.15) is 23.7 Å². The Hall–Kier alpha value is -0.420. The molecule has 98 valence electrons. The lowest BCUT2D eigenvalue weighted by Crippen LogP contribution is -2.43. The largest absolute Gasteiger partial charge is 0.337 e. The van der Waals surface area contributed by atoms with Gasteiger partial charge in [0.15, 0.2) is 0 Å². The number of carbonyl (C=O) groups excluding carboxylic acids is 1. The maximum Gasteiger partial charge on any atom is 0.255 e. The van der Waals surface area contributed by atoms with Crippen molar-refractivity contribution in [3.63, 3.8) is 0 Å². The number of carbonyl (C=O) groups is 1. The van der Waals surface area contributed by atoms with Crippen molar-refractivity contribution in [2.24, 2.45) is 5.92 Å². The van der Waals surface area contributed by atoms with E-state index in [1.807, 2.05) is 4.90 Å². The summed E-state index contributed by atoms with van der Waals surface area (Å²) in [6.45, 7) is 3.63. The number of halogens is 3. The van der Waals surface area contributed by atoms with Crippen LogP contribution in [0.25, 0.3) is 0 Å². The molecular weight excluding hydrogens is 365 g/mol. The quantitative estimate of drug-likeness (QED) is 0.680. The van der Waals surface area contributed by atoms with Gasteiger partial charge in [-0.1, -0.05) is 22.9 Å². The highest BCUT2D eigenvalue weighted by molar-refractivity contribution is 9.10. The SMILES string of the molecule is CC1CCN(C(=O)c2ccc(F)cc2Br)CC1Br. The van der Waals surface area contributed by atoms with Gasteiger partial charge in [-0.15, -0.1) is 0 Å². The molecule has 18 heavy (non-hydrogen) atoms. The van der Waals surface area contributed by atoms with Gasteiger partial charge in [-0.2, -0.15) is 0 Å². The molecule has 0 bridgehead atoms. The molecule has 0 radical (unpaired) electrons. The van der Waals surface area contributed by atoms with Gasteiger partial charge in [-0.3, -0.25) is 4.79 Å². The third-order valence-electron chi connectivity index (χ3n) is 3.32. The molecule has 1 aliphatic rings. The van der Waals surface area contributed by atoms with Crippen molar-refractivity contribution in [1.82, 2.24) is 4.90 Å². The molecule has 0 aromatic heterocycles. The molecule has 1 aromatic carbocycles. The topological polar surface area (TPSA) is 20.3 Å². The fourth-order valence-corrected chi connectivity index (χ4v) is 3.17. The molecule has 0 N–H and O–H groups in total. The minimum atomic E-state index is -0.343. The van der Waals surface area contributed by atoms with E-state index < -0.39 is 0 Å². The molecule has 5 heteroatoms. The van der Waals surface area contributed by atoms with Crippen LogP contribution in [-0.4, -0.2) is 28.7 Å². The maximum atomic E-state index is 13.0. The number of benzene rings is 1. The molecule has 2 unspecified atom stereocenters. The maximum absolute atomic E-state index is 13.0. The molecule has 1 saturated heterocycles. The molecule has 0 spiro atoms. The van der Waals surface area contributed by atoms with Crippen molar-refractivity contribution in [3.8, 4) is 0 Å². The summed E-state index contributed by atoms with van der Waals surface area (Å²) in [7, 11) is 0. The molecule has 1 fully saturated rings. The molecule has 1 heterocycles. The lowest BCUT2D eigenvalue weighted by atomic mass is 9.98. The Morgan fingerprint density at radius 1 is 1.50 bits per heavy atom. The van der Waals surface area contributed by atoms with Gasteiger partial charge in [0.1, 0.15) is 5.82 Å². The first-order chi connectivity index (χ1) is 8.49. The molecular formula is C13H14Br2FNO. The van der Waals surface area contributed by atoms with Gasteiger partial charge >= 0.3 is 0 Å². The van der Waals surface area contributed by atoms with Gasteiger partial charge in [0.05, 0.1) is 5.56 Å². The highest BCUT2D eigenvalue weighted by Crippen LogP contribution is 2.26. The third kappa shape index (κ3) is 2.94. The van der Waals surface area contributed by atoms with Crippen molar-refractivity contribution in [2.75, 3.05) is 13.1 Å². The number of likely N-dealkylation sites (tertiary alicyclic amines) is 1. The summed E-state index contributed by atoms with van der Waals surface area (Å²) in [5.41, 5.74) is 0.519. The average molecular weight is 379 g/mol. The molecule has 1 aliphatic heterocycles. The second kappa shape index (κ2) is 5.70. The van der Waals surface area contributed by atoms with E-state index in [4.69, 9.17) is 0 Å². The Morgan fingerprint density at radius 3 is 2.83 bits per heavy atom. The van der Waals surface area contributed by atoms with Crippen LogP contribution < -0.4 is 0 Å². The van der Waals surface area contributed by atoms with E-state index in [1.54, 1.807) is 0 Å². The van der Waals surface area contributed by atoms with E-state index in [-0.39, 0.29) is 11.7 Å². The average Bonchev–Trinajstić information content (AvgIpc) is 2.32. The smallest absolute Gasteiger partial charge is 0.255 e. The Balaban J connectivity index is 2.16. The third-order valence-corrected chi connectivity index (χ3v) is 5.16. The van der Waals surface area contributed by atoms with E-state index in [1.165, 1.54) is 18.2 Å². The predicted octanol–water partition coefficient (Wildman–Crippen LogP) is 3.83. The molecule has 1 aromatic rings. The minimum absolute atomic E-state index is 0.0433. The second-order valence-corrected chi connectivity index (χ2v) is 6.69. The van der Waals surface area contributed by atoms with E-state index in [0.717, 1.165) is 13.0 Å². The second-order valence-electron chi connectivity index (χ2n) is 4.66. The number of amides is 1. The first-order valence-electron chi connectivity index (χ1n) is 5.87. The standard InChI is InChI=1S/C13H14Br2FNO/c1-8-4-5-17(7-12(8)15)13(18)10-3-2-9(16)6-11(10)14/h2-3,6,8,12H,4-5,7H2,1H3. The Labute approximate surface area is 123 Å². The molecule has 0 aliphatic carbocycles. The normalized spacial score (nSPS) is 24.1. The highest BCUT2D eigenvalue weighted by atomic mass is 79.9. The molecule has 2 rings (SSSR count). The first-order valence-corrected chi connectivity index (χ1v) is 7.58. The summed E-state index contributed by atoms with van der Waals surface area (Å²) in [5, 5.41) is 0. The van der Waals surface area contributed by atoms with E-state index in [0.29, 0.717) is 27.3 Å². The summed E-state index contributed by atoms with van der Waals surface area (Å²) >= 11 is 6.84. The van der Waals surface area contributed by atoms with E-state index >= 15 is 0 Å². The van der Waals surface area contributed by atoms with Crippen molar-refractivity contribution >= 4 is 37.8 Å². The highest BCUT2D eigenvalue weighted by Gasteiger charge is 2.28. The van der Waals surface area contributed by atoms with Crippen molar-refractivity contribution in [1.29, 1.82) is 0 Å². The minimum Gasteiger partial charge on any atom is -0.337 e. The van der Waals surface area contributed by atoms with Gasteiger partial charge in [0.25, 0.3) is 5.91 Å². The molecule has 2 atom stereocenters. The summed E-state index contributed by atoms with van der Waals surface area (Å²) < 4.78 is 13.5. The monoisotopic (exact) mass is 377 g/mol. The Morgan fingerprint density at radius 2 is 2.22 bits per heavy atom. The lowest BCUT2D eigenvalue weighted by molar-refractivity contribution is 0.0705. The van der Waals surface area contributed by atoms with Crippen molar-refractivity contribution < 1.29 is 9.18 Å². The lowest BCUT2D eigenvalue weighted by Gasteiger charge is -2.34.